The maximum Gasteiger partial charge on any atom is 0.293 e. The van der Waals surface area contributed by atoms with Gasteiger partial charge in [-0.3, -0.25) is 14.2 Å². The van der Waals surface area contributed by atoms with Crippen LogP contribution in [0.2, 0.25) is 0 Å². The second-order valence-corrected chi connectivity index (χ2v) is 8.57. The van der Waals surface area contributed by atoms with Crippen LogP contribution in [0.3, 0.4) is 0 Å². The van der Waals surface area contributed by atoms with Gasteiger partial charge in [-0.1, -0.05) is 24.3 Å². The van der Waals surface area contributed by atoms with Gasteiger partial charge in [0.1, 0.15) is 5.69 Å². The molecule has 3 aromatic rings. The third kappa shape index (κ3) is 3.83. The molecule has 2 heterocycles. The summed E-state index contributed by atoms with van der Waals surface area (Å²) in [6.07, 6.45) is 1.98. The highest BCUT2D eigenvalue weighted by molar-refractivity contribution is 6.07. The van der Waals surface area contributed by atoms with Crippen LogP contribution in [0.25, 0.3) is 15.7 Å². The van der Waals surface area contributed by atoms with Gasteiger partial charge in [0.15, 0.2) is 0 Å². The molecule has 1 fully saturated rings. The fourth-order valence-electron chi connectivity index (χ4n) is 4.40. The first-order valence-corrected chi connectivity index (χ1v) is 10.3. The summed E-state index contributed by atoms with van der Waals surface area (Å²) in [6, 6.07) is 17.9. The Labute approximate surface area is 177 Å². The molecule has 0 saturated carbocycles. The molecule has 5 nitrogen and oxygen atoms in total. The van der Waals surface area contributed by atoms with Gasteiger partial charge in [0.05, 0.1) is 11.1 Å². The van der Waals surface area contributed by atoms with Crippen molar-refractivity contribution in [2.75, 3.05) is 18.6 Å². The monoisotopic (exact) mass is 401 g/mol. The summed E-state index contributed by atoms with van der Waals surface area (Å²) in [6.45, 7) is 12.5. The predicted molar refractivity (Wildman–Crippen MR) is 120 cm³/mol. The molecule has 1 atom stereocenters. The number of amides is 1. The van der Waals surface area contributed by atoms with E-state index in [0.29, 0.717) is 11.6 Å². The van der Waals surface area contributed by atoms with Gasteiger partial charge in [0.25, 0.3) is 12.6 Å². The fraction of sp³-hybridized carbons (Fsp3) is 0.360. The van der Waals surface area contributed by atoms with Crippen molar-refractivity contribution in [2.24, 2.45) is 0 Å². The molecule has 30 heavy (non-hydrogen) atoms. The maximum absolute atomic E-state index is 13.3. The van der Waals surface area contributed by atoms with E-state index >= 15 is 0 Å². The first-order chi connectivity index (χ1) is 14.4. The molecule has 1 aliphatic heterocycles. The number of para-hydroxylation sites is 1. The quantitative estimate of drug-likeness (QED) is 0.544. The van der Waals surface area contributed by atoms with Crippen LogP contribution in [0.5, 0.6) is 0 Å². The van der Waals surface area contributed by atoms with Crippen LogP contribution in [0.15, 0.2) is 54.6 Å². The Kier molecular flexibility index (Phi) is 5.36. The topological polar surface area (TPSA) is 38.8 Å². The van der Waals surface area contributed by atoms with E-state index in [9.17, 15) is 4.79 Å². The molecular weight excluding hydrogens is 374 g/mol. The SMILES string of the molecule is [C-]#[N+]Cn1c(C(=O)N(C)c2ccccc2)cc2cc(C3CCOC(C)(C)C3)ccc21. The average molecular weight is 402 g/mol. The van der Waals surface area contributed by atoms with Gasteiger partial charge in [-0.05, 0) is 68.5 Å². The summed E-state index contributed by atoms with van der Waals surface area (Å²) in [7, 11) is 1.77. The zero-order valence-corrected chi connectivity index (χ0v) is 17.8. The summed E-state index contributed by atoms with van der Waals surface area (Å²) in [5.41, 5.74) is 3.44. The zero-order chi connectivity index (χ0) is 21.3. The lowest BCUT2D eigenvalue weighted by atomic mass is 9.83. The van der Waals surface area contributed by atoms with Crippen molar-refractivity contribution in [1.29, 1.82) is 0 Å². The Balaban J connectivity index is 1.72. The van der Waals surface area contributed by atoms with E-state index in [1.807, 2.05) is 41.0 Å². The number of carbonyl (C=O) groups is 1. The van der Waals surface area contributed by atoms with Gasteiger partial charge in [-0.15, -0.1) is 0 Å². The van der Waals surface area contributed by atoms with Crippen LogP contribution >= 0.6 is 0 Å². The zero-order valence-electron chi connectivity index (χ0n) is 17.8. The minimum absolute atomic E-state index is 0.116. The lowest BCUT2D eigenvalue weighted by Gasteiger charge is -2.35. The molecule has 1 amide bonds. The molecule has 5 heteroatoms. The van der Waals surface area contributed by atoms with E-state index in [1.54, 1.807) is 11.9 Å². The number of anilines is 1. The molecule has 2 aromatic carbocycles. The highest BCUT2D eigenvalue weighted by Gasteiger charge is 2.30. The number of benzene rings is 2. The van der Waals surface area contributed by atoms with E-state index in [1.165, 1.54) is 5.56 Å². The molecule has 0 N–H and O–H groups in total. The Morgan fingerprint density at radius 1 is 1.23 bits per heavy atom. The summed E-state index contributed by atoms with van der Waals surface area (Å²) in [4.78, 5) is 18.5. The van der Waals surface area contributed by atoms with Gasteiger partial charge < -0.3 is 9.64 Å². The molecule has 1 aliphatic rings. The van der Waals surface area contributed by atoms with Crippen LogP contribution in [-0.4, -0.2) is 29.7 Å². The molecular formula is C25H27N3O2. The average Bonchev–Trinajstić information content (AvgIpc) is 3.10. The number of fused-ring (bicyclic) bond motifs is 1. The van der Waals surface area contributed by atoms with Crippen molar-refractivity contribution in [3.8, 4) is 0 Å². The molecule has 1 aromatic heterocycles. The maximum atomic E-state index is 13.3. The Morgan fingerprint density at radius 2 is 2.00 bits per heavy atom. The molecule has 1 unspecified atom stereocenters. The fourth-order valence-corrected chi connectivity index (χ4v) is 4.40. The highest BCUT2D eigenvalue weighted by atomic mass is 16.5. The lowest BCUT2D eigenvalue weighted by Crippen LogP contribution is -2.32. The Bertz CT molecular complexity index is 1110. The summed E-state index contributed by atoms with van der Waals surface area (Å²) in [5, 5.41) is 1.00. The molecule has 4 rings (SSSR count). The largest absolute Gasteiger partial charge is 0.376 e. The van der Waals surface area contributed by atoms with Crippen LogP contribution in [-0.2, 0) is 11.4 Å². The van der Waals surface area contributed by atoms with Crippen LogP contribution in [0.1, 0.15) is 48.7 Å². The molecule has 154 valence electrons. The number of aromatic nitrogens is 1. The summed E-state index contributed by atoms with van der Waals surface area (Å²) < 4.78 is 7.69. The normalized spacial score (nSPS) is 18.1. The highest BCUT2D eigenvalue weighted by Crippen LogP contribution is 2.37. The number of ether oxygens (including phenoxy) is 1. The number of carbonyl (C=O) groups excluding carboxylic acids is 1. The number of hydrogen-bond acceptors (Lipinski definition) is 2. The van der Waals surface area contributed by atoms with Gasteiger partial charge in [-0.2, -0.15) is 0 Å². The predicted octanol–water partition coefficient (Wildman–Crippen LogP) is 5.47. The first-order valence-electron chi connectivity index (χ1n) is 10.3. The Morgan fingerprint density at radius 3 is 2.70 bits per heavy atom. The van der Waals surface area contributed by atoms with Crippen molar-refractivity contribution in [2.45, 2.75) is 44.9 Å². The first kappa shape index (κ1) is 20.2. The second-order valence-electron chi connectivity index (χ2n) is 8.57. The lowest BCUT2D eigenvalue weighted by molar-refractivity contribution is -0.0592. The second kappa shape index (κ2) is 7.97. The van der Waals surface area contributed by atoms with Crippen molar-refractivity contribution >= 4 is 22.5 Å². The van der Waals surface area contributed by atoms with Crippen LogP contribution in [0, 0.1) is 6.57 Å². The molecule has 0 radical (unpaired) electrons. The molecule has 0 spiro atoms. The van der Waals surface area contributed by atoms with Gasteiger partial charge in [0.2, 0.25) is 0 Å². The van der Waals surface area contributed by atoms with Gasteiger partial charge >= 0.3 is 0 Å². The van der Waals surface area contributed by atoms with Crippen molar-refractivity contribution in [3.63, 3.8) is 0 Å². The minimum Gasteiger partial charge on any atom is -0.376 e. The van der Waals surface area contributed by atoms with E-state index in [-0.39, 0.29) is 18.2 Å². The summed E-state index contributed by atoms with van der Waals surface area (Å²) in [5.74, 6) is 0.323. The van der Waals surface area contributed by atoms with Gasteiger partial charge in [0, 0.05) is 24.7 Å². The third-order valence-electron chi connectivity index (χ3n) is 5.97. The number of hydrogen-bond donors (Lipinski definition) is 0. The van der Waals surface area contributed by atoms with Crippen LogP contribution in [0.4, 0.5) is 5.69 Å². The minimum atomic E-state index is -0.118. The van der Waals surface area contributed by atoms with Gasteiger partial charge in [-0.25, -0.2) is 6.57 Å². The number of rotatable bonds is 4. The molecule has 0 aliphatic carbocycles. The van der Waals surface area contributed by atoms with Crippen molar-refractivity contribution < 1.29 is 9.53 Å². The molecule has 0 bridgehead atoms. The van der Waals surface area contributed by atoms with E-state index in [0.717, 1.165) is 36.0 Å². The number of nitrogens with zero attached hydrogens (tertiary/aromatic N) is 3. The molecule has 1 saturated heterocycles. The van der Waals surface area contributed by atoms with Crippen LogP contribution < -0.4 is 4.90 Å². The van der Waals surface area contributed by atoms with Crippen molar-refractivity contribution in [1.82, 2.24) is 4.57 Å². The third-order valence-corrected chi connectivity index (χ3v) is 5.97. The summed E-state index contributed by atoms with van der Waals surface area (Å²) >= 11 is 0. The van der Waals surface area contributed by atoms with E-state index in [4.69, 9.17) is 11.3 Å². The van der Waals surface area contributed by atoms with E-state index in [2.05, 4.69) is 36.9 Å². The standard InChI is InChI=1S/C25H27N3O2/c1-25(2)16-19(12-13-30-25)18-10-11-22-20(14-18)15-23(28(22)17-26-3)24(29)27(4)21-8-6-5-7-9-21/h5-11,14-15,19H,12-13,16-17H2,1-2,4H3. The van der Waals surface area contributed by atoms with E-state index < -0.39 is 0 Å². The van der Waals surface area contributed by atoms with Crippen molar-refractivity contribution in [3.05, 3.63) is 77.3 Å². The smallest absolute Gasteiger partial charge is 0.293 e. The Hall–Kier alpha value is -3.10.